The fourth-order valence-electron chi connectivity index (χ4n) is 1.90. The molecule has 106 valence electrons. The third kappa shape index (κ3) is 4.01. The Hall–Kier alpha value is -1.99. The average Bonchev–Trinajstić information content (AvgIpc) is 2.43. The van der Waals surface area contributed by atoms with E-state index in [1.54, 1.807) is 6.07 Å². The predicted molar refractivity (Wildman–Crippen MR) is 82.6 cm³/mol. The van der Waals surface area contributed by atoms with Crippen molar-refractivity contribution in [1.29, 1.82) is 5.26 Å². The number of nitrogens with two attached hydrogens (primary N) is 1. The Labute approximate surface area is 124 Å². The number of nitrogens with zero attached hydrogens (tertiary/aromatic N) is 2. The number of rotatable bonds is 6. The maximum atomic E-state index is 11.1. The summed E-state index contributed by atoms with van der Waals surface area (Å²) >= 11 is 5.78. The molecule has 0 aliphatic heterocycles. The smallest absolute Gasteiger partial charge is 0.259 e. The fourth-order valence-corrected chi connectivity index (χ4v) is 2.11. The summed E-state index contributed by atoms with van der Waals surface area (Å²) in [4.78, 5) is 13.2. The van der Waals surface area contributed by atoms with Crippen LogP contribution in [0.15, 0.2) is 23.8 Å². The van der Waals surface area contributed by atoms with E-state index in [1.807, 2.05) is 25.1 Å². The van der Waals surface area contributed by atoms with Gasteiger partial charge in [0.2, 0.25) is 0 Å². The lowest BCUT2D eigenvalue weighted by atomic mass is 10.0. The lowest BCUT2D eigenvalue weighted by molar-refractivity contribution is -0.114. The van der Waals surface area contributed by atoms with E-state index < -0.39 is 5.91 Å². The Kier molecular flexibility index (Phi) is 6.08. The Morgan fingerprint density at radius 1 is 1.55 bits per heavy atom. The number of anilines is 1. The summed E-state index contributed by atoms with van der Waals surface area (Å²) in [6.07, 6.45) is 1.51. The van der Waals surface area contributed by atoms with E-state index in [2.05, 4.69) is 11.8 Å². The van der Waals surface area contributed by atoms with Crippen molar-refractivity contribution in [1.82, 2.24) is 0 Å². The highest BCUT2D eigenvalue weighted by Gasteiger charge is 2.08. The first kappa shape index (κ1) is 16.1. The number of halogens is 1. The minimum absolute atomic E-state index is 0.0473. The van der Waals surface area contributed by atoms with Crippen molar-refractivity contribution < 1.29 is 4.79 Å². The summed E-state index contributed by atoms with van der Waals surface area (Å²) in [6.45, 7) is 5.64. The van der Waals surface area contributed by atoms with Crippen molar-refractivity contribution >= 4 is 29.3 Å². The second-order valence-electron chi connectivity index (χ2n) is 4.34. The van der Waals surface area contributed by atoms with Crippen LogP contribution in [0, 0.1) is 18.3 Å². The van der Waals surface area contributed by atoms with Gasteiger partial charge in [-0.25, -0.2) is 0 Å². The van der Waals surface area contributed by atoms with Crippen LogP contribution in [-0.2, 0) is 4.79 Å². The van der Waals surface area contributed by atoms with Gasteiger partial charge in [0.05, 0.1) is 0 Å². The van der Waals surface area contributed by atoms with Crippen LogP contribution in [-0.4, -0.2) is 24.9 Å². The normalized spacial score (nSPS) is 11.0. The number of amides is 1. The predicted octanol–water partition coefficient (Wildman–Crippen LogP) is 2.45. The molecule has 0 aromatic heterocycles. The van der Waals surface area contributed by atoms with Gasteiger partial charge in [-0.15, -0.1) is 11.6 Å². The van der Waals surface area contributed by atoms with Crippen LogP contribution >= 0.6 is 11.6 Å². The molecule has 0 saturated carbocycles. The molecule has 0 spiro atoms. The van der Waals surface area contributed by atoms with Gasteiger partial charge in [-0.2, -0.15) is 5.26 Å². The number of carbonyl (C=O) groups is 1. The van der Waals surface area contributed by atoms with E-state index >= 15 is 0 Å². The first-order chi connectivity index (χ1) is 9.53. The topological polar surface area (TPSA) is 70.1 Å². The van der Waals surface area contributed by atoms with Crippen LogP contribution in [0.4, 0.5) is 5.69 Å². The Morgan fingerprint density at radius 2 is 2.25 bits per heavy atom. The third-order valence-corrected chi connectivity index (χ3v) is 3.21. The number of hydrogen-bond donors (Lipinski definition) is 1. The second-order valence-corrected chi connectivity index (χ2v) is 4.72. The van der Waals surface area contributed by atoms with Gasteiger partial charge in [-0.1, -0.05) is 6.07 Å². The molecule has 4 nitrogen and oxygen atoms in total. The molecule has 1 amide bonds. The first-order valence-electron chi connectivity index (χ1n) is 6.36. The number of primary amides is 1. The van der Waals surface area contributed by atoms with Crippen LogP contribution < -0.4 is 10.6 Å². The zero-order valence-corrected chi connectivity index (χ0v) is 12.4. The van der Waals surface area contributed by atoms with E-state index in [-0.39, 0.29) is 5.57 Å². The van der Waals surface area contributed by atoms with Gasteiger partial charge in [0, 0.05) is 24.7 Å². The van der Waals surface area contributed by atoms with Gasteiger partial charge in [-0.05, 0) is 43.2 Å². The lowest BCUT2D eigenvalue weighted by Crippen LogP contribution is -2.24. The van der Waals surface area contributed by atoms with Gasteiger partial charge in [0.15, 0.2) is 0 Å². The van der Waals surface area contributed by atoms with Gasteiger partial charge in [-0.3, -0.25) is 4.79 Å². The molecule has 5 heteroatoms. The molecule has 0 radical (unpaired) electrons. The minimum atomic E-state index is -0.715. The number of hydrogen-bond acceptors (Lipinski definition) is 3. The van der Waals surface area contributed by atoms with Gasteiger partial charge in [0.1, 0.15) is 11.6 Å². The standard InChI is InChI=1S/C15H18ClN3O/c1-3-19(7-6-16)14-5-4-12(11(2)8-14)9-13(10-17)15(18)20/h4-5,8-9H,3,6-7H2,1-2H3,(H2,18,20)/b13-9-. The van der Waals surface area contributed by atoms with Gasteiger partial charge >= 0.3 is 0 Å². The Bertz CT molecular complexity index is 561. The van der Waals surface area contributed by atoms with Crippen LogP contribution in [0.1, 0.15) is 18.1 Å². The van der Waals surface area contributed by atoms with Gasteiger partial charge in [0.25, 0.3) is 5.91 Å². The van der Waals surface area contributed by atoms with E-state index in [0.717, 1.165) is 29.9 Å². The average molecular weight is 292 g/mol. The molecule has 0 aliphatic carbocycles. The van der Waals surface area contributed by atoms with Crippen molar-refractivity contribution in [3.8, 4) is 6.07 Å². The van der Waals surface area contributed by atoms with Gasteiger partial charge < -0.3 is 10.6 Å². The SMILES string of the molecule is CCN(CCCl)c1ccc(/C=C(/C#N)C(N)=O)c(C)c1. The van der Waals surface area contributed by atoms with Crippen molar-refractivity contribution in [2.75, 3.05) is 23.9 Å². The second kappa shape index (κ2) is 7.56. The molecule has 0 fully saturated rings. The molecule has 0 atom stereocenters. The highest BCUT2D eigenvalue weighted by atomic mass is 35.5. The molecule has 0 unspecified atom stereocenters. The fraction of sp³-hybridized carbons (Fsp3) is 0.333. The van der Waals surface area contributed by atoms with Crippen LogP contribution in [0.3, 0.4) is 0 Å². The molecule has 0 aliphatic rings. The molecule has 1 rings (SSSR count). The number of aryl methyl sites for hydroxylation is 1. The number of carbonyl (C=O) groups excluding carboxylic acids is 1. The summed E-state index contributed by atoms with van der Waals surface area (Å²) in [6, 6.07) is 7.64. The molecule has 1 aromatic carbocycles. The van der Waals surface area contributed by atoms with E-state index in [1.165, 1.54) is 6.08 Å². The maximum Gasteiger partial charge on any atom is 0.259 e. The summed E-state index contributed by atoms with van der Waals surface area (Å²) in [5.41, 5.74) is 7.94. The van der Waals surface area contributed by atoms with Crippen LogP contribution in [0.25, 0.3) is 6.08 Å². The zero-order valence-electron chi connectivity index (χ0n) is 11.7. The van der Waals surface area contributed by atoms with Crippen molar-refractivity contribution in [2.45, 2.75) is 13.8 Å². The molecule has 2 N–H and O–H groups in total. The molecule has 1 aromatic rings. The summed E-state index contributed by atoms with van der Waals surface area (Å²) in [5.74, 6) is -0.150. The monoisotopic (exact) mass is 291 g/mol. The van der Waals surface area contributed by atoms with Crippen LogP contribution in [0.5, 0.6) is 0 Å². The van der Waals surface area contributed by atoms with Crippen molar-refractivity contribution in [3.05, 3.63) is 34.9 Å². The lowest BCUT2D eigenvalue weighted by Gasteiger charge is -2.22. The highest BCUT2D eigenvalue weighted by Crippen LogP contribution is 2.21. The molecule has 0 saturated heterocycles. The molecule has 0 heterocycles. The van der Waals surface area contributed by atoms with Crippen LogP contribution in [0.2, 0.25) is 0 Å². The minimum Gasteiger partial charge on any atom is -0.371 e. The number of alkyl halides is 1. The van der Waals surface area contributed by atoms with E-state index in [4.69, 9.17) is 22.6 Å². The highest BCUT2D eigenvalue weighted by molar-refractivity contribution is 6.18. The summed E-state index contributed by atoms with van der Waals surface area (Å²) in [7, 11) is 0. The molecular formula is C15H18ClN3O. The molecule has 20 heavy (non-hydrogen) atoms. The Morgan fingerprint density at radius 3 is 2.70 bits per heavy atom. The zero-order chi connectivity index (χ0) is 15.1. The Balaban J connectivity index is 3.11. The maximum absolute atomic E-state index is 11.1. The quantitative estimate of drug-likeness (QED) is 0.497. The number of benzene rings is 1. The molecular weight excluding hydrogens is 274 g/mol. The van der Waals surface area contributed by atoms with Crippen molar-refractivity contribution in [3.63, 3.8) is 0 Å². The number of nitriles is 1. The largest absolute Gasteiger partial charge is 0.371 e. The van der Waals surface area contributed by atoms with E-state index in [9.17, 15) is 4.79 Å². The summed E-state index contributed by atoms with van der Waals surface area (Å²) < 4.78 is 0. The van der Waals surface area contributed by atoms with E-state index in [0.29, 0.717) is 5.88 Å². The summed E-state index contributed by atoms with van der Waals surface area (Å²) in [5, 5.41) is 8.86. The van der Waals surface area contributed by atoms with Crippen molar-refractivity contribution in [2.24, 2.45) is 5.73 Å². The third-order valence-electron chi connectivity index (χ3n) is 3.04. The molecule has 0 bridgehead atoms. The first-order valence-corrected chi connectivity index (χ1v) is 6.90.